The van der Waals surface area contributed by atoms with Gasteiger partial charge in [0, 0.05) is 39.0 Å². The van der Waals surface area contributed by atoms with E-state index in [2.05, 4.69) is 10.6 Å². The van der Waals surface area contributed by atoms with Crippen molar-refractivity contribution in [1.29, 1.82) is 0 Å². The molecule has 1 aromatic rings. The Balaban J connectivity index is 1.90. The zero-order chi connectivity index (χ0) is 16.8. The Labute approximate surface area is 137 Å². The molecule has 0 aliphatic carbocycles. The van der Waals surface area contributed by atoms with Gasteiger partial charge in [-0.1, -0.05) is 30.3 Å². The number of likely N-dealkylation sites (N-methyl/N-ethyl adjacent to an activating group) is 1. The molecule has 0 spiro atoms. The number of carbonyl (C=O) groups excluding carboxylic acids is 2. The van der Waals surface area contributed by atoms with Gasteiger partial charge < -0.3 is 20.4 Å². The fourth-order valence-corrected chi connectivity index (χ4v) is 2.96. The number of carbonyl (C=O) groups is 2. The van der Waals surface area contributed by atoms with Crippen molar-refractivity contribution >= 4 is 11.9 Å². The number of benzene rings is 1. The van der Waals surface area contributed by atoms with Crippen LogP contribution in [0.2, 0.25) is 0 Å². The van der Waals surface area contributed by atoms with E-state index in [1.807, 2.05) is 56.4 Å². The summed E-state index contributed by atoms with van der Waals surface area (Å²) in [5.41, 5.74) is 1.11. The second kappa shape index (κ2) is 7.97. The molecule has 0 aromatic heterocycles. The van der Waals surface area contributed by atoms with E-state index in [1.54, 1.807) is 4.90 Å². The monoisotopic (exact) mass is 318 g/mol. The highest BCUT2D eigenvalue weighted by molar-refractivity contribution is 5.80. The summed E-state index contributed by atoms with van der Waals surface area (Å²) in [6.07, 6.45) is 0.466. The summed E-state index contributed by atoms with van der Waals surface area (Å²) in [5.74, 6) is 0.216. The number of likely N-dealkylation sites (tertiary alicyclic amines) is 1. The number of amides is 3. The Kier molecular flexibility index (Phi) is 5.98. The zero-order valence-electron chi connectivity index (χ0n) is 14.1. The molecule has 1 aliphatic rings. The van der Waals surface area contributed by atoms with Gasteiger partial charge in [-0.05, 0) is 19.7 Å². The van der Waals surface area contributed by atoms with Crippen molar-refractivity contribution in [3.05, 3.63) is 35.9 Å². The molecule has 1 aromatic carbocycles. The average molecular weight is 318 g/mol. The lowest BCUT2D eigenvalue weighted by molar-refractivity contribution is -0.127. The van der Waals surface area contributed by atoms with E-state index in [1.165, 1.54) is 0 Å². The van der Waals surface area contributed by atoms with Crippen molar-refractivity contribution in [2.24, 2.45) is 5.92 Å². The second-order valence-electron chi connectivity index (χ2n) is 6.26. The van der Waals surface area contributed by atoms with Crippen LogP contribution in [0.25, 0.3) is 0 Å². The summed E-state index contributed by atoms with van der Waals surface area (Å²) < 4.78 is 0. The minimum atomic E-state index is -0.180. The van der Waals surface area contributed by atoms with Gasteiger partial charge in [0.25, 0.3) is 0 Å². The highest BCUT2D eigenvalue weighted by Crippen LogP contribution is 2.36. The normalized spacial score (nSPS) is 20.9. The largest absolute Gasteiger partial charge is 0.338 e. The van der Waals surface area contributed by atoms with Gasteiger partial charge in [-0.25, -0.2) is 4.79 Å². The van der Waals surface area contributed by atoms with E-state index >= 15 is 0 Å². The Morgan fingerprint density at radius 2 is 1.96 bits per heavy atom. The SMILES string of the molecule is CN(C)CCNC(=O)NCC1CC(=O)N(C)C1c1ccccc1. The molecule has 1 saturated heterocycles. The van der Waals surface area contributed by atoms with Crippen molar-refractivity contribution in [3.63, 3.8) is 0 Å². The lowest BCUT2D eigenvalue weighted by atomic mass is 9.94. The summed E-state index contributed by atoms with van der Waals surface area (Å²) >= 11 is 0. The summed E-state index contributed by atoms with van der Waals surface area (Å²) in [5, 5.41) is 5.72. The average Bonchev–Trinajstić information content (AvgIpc) is 2.80. The maximum atomic E-state index is 12.1. The van der Waals surface area contributed by atoms with Crippen molar-refractivity contribution in [2.45, 2.75) is 12.5 Å². The smallest absolute Gasteiger partial charge is 0.314 e. The number of nitrogens with zero attached hydrogens (tertiary/aromatic N) is 2. The van der Waals surface area contributed by atoms with Crippen LogP contribution in [0.3, 0.4) is 0 Å². The second-order valence-corrected chi connectivity index (χ2v) is 6.26. The van der Waals surface area contributed by atoms with Gasteiger partial charge in [-0.2, -0.15) is 0 Å². The van der Waals surface area contributed by atoms with Gasteiger partial charge in [0.2, 0.25) is 5.91 Å². The van der Waals surface area contributed by atoms with Crippen LogP contribution < -0.4 is 10.6 Å². The first-order valence-corrected chi connectivity index (χ1v) is 7.96. The van der Waals surface area contributed by atoms with E-state index < -0.39 is 0 Å². The molecule has 6 nitrogen and oxygen atoms in total. The molecule has 1 aliphatic heterocycles. The van der Waals surface area contributed by atoms with Crippen LogP contribution in [-0.4, -0.2) is 62.5 Å². The first kappa shape index (κ1) is 17.3. The third kappa shape index (κ3) is 4.69. The zero-order valence-corrected chi connectivity index (χ0v) is 14.1. The third-order valence-electron chi connectivity index (χ3n) is 4.20. The van der Waals surface area contributed by atoms with Crippen molar-refractivity contribution < 1.29 is 9.59 Å². The fourth-order valence-electron chi connectivity index (χ4n) is 2.96. The van der Waals surface area contributed by atoms with Crippen molar-refractivity contribution in [3.8, 4) is 0 Å². The number of nitrogens with one attached hydrogen (secondary N) is 2. The standard InChI is InChI=1S/C17H26N4O2/c1-20(2)10-9-18-17(23)19-12-14-11-15(22)21(3)16(14)13-7-5-4-6-8-13/h4-8,14,16H,9-12H2,1-3H3,(H2,18,19,23). The quantitative estimate of drug-likeness (QED) is 0.824. The number of hydrogen-bond acceptors (Lipinski definition) is 3. The molecule has 2 atom stereocenters. The Bertz CT molecular complexity index is 533. The topological polar surface area (TPSA) is 64.7 Å². The Hall–Kier alpha value is -2.08. The van der Waals surface area contributed by atoms with Crippen LogP contribution in [0.1, 0.15) is 18.0 Å². The van der Waals surface area contributed by atoms with Gasteiger partial charge in [-0.3, -0.25) is 4.79 Å². The number of hydrogen-bond donors (Lipinski definition) is 2. The summed E-state index contributed by atoms with van der Waals surface area (Å²) in [6.45, 7) is 1.89. The molecule has 2 unspecified atom stereocenters. The maximum absolute atomic E-state index is 12.1. The third-order valence-corrected chi connectivity index (χ3v) is 4.20. The van der Waals surface area contributed by atoms with E-state index in [-0.39, 0.29) is 23.9 Å². The van der Waals surface area contributed by atoms with Crippen LogP contribution >= 0.6 is 0 Å². The van der Waals surface area contributed by atoms with Gasteiger partial charge in [0.05, 0.1) is 6.04 Å². The van der Waals surface area contributed by atoms with Gasteiger partial charge in [0.1, 0.15) is 0 Å². The fraction of sp³-hybridized carbons (Fsp3) is 0.529. The van der Waals surface area contributed by atoms with E-state index in [4.69, 9.17) is 0 Å². The predicted molar refractivity (Wildman–Crippen MR) is 90.0 cm³/mol. The molecule has 0 radical (unpaired) electrons. The molecule has 1 fully saturated rings. The molecule has 2 rings (SSSR count). The molecule has 3 amide bonds. The molecule has 6 heteroatoms. The molecule has 0 saturated carbocycles. The minimum Gasteiger partial charge on any atom is -0.338 e. The molecule has 126 valence electrons. The van der Waals surface area contributed by atoms with Crippen LogP contribution in [0.5, 0.6) is 0 Å². The lowest BCUT2D eigenvalue weighted by Gasteiger charge is -2.25. The molecular formula is C17H26N4O2. The summed E-state index contributed by atoms with van der Waals surface area (Å²) in [4.78, 5) is 27.7. The summed E-state index contributed by atoms with van der Waals surface area (Å²) in [6, 6.07) is 9.82. The molecule has 0 bridgehead atoms. The van der Waals surface area contributed by atoms with E-state index in [0.717, 1.165) is 12.1 Å². The van der Waals surface area contributed by atoms with Crippen LogP contribution in [0.4, 0.5) is 4.79 Å². The first-order chi connectivity index (χ1) is 11.0. The predicted octanol–water partition coefficient (Wildman–Crippen LogP) is 1.07. The molecular weight excluding hydrogens is 292 g/mol. The van der Waals surface area contributed by atoms with E-state index in [9.17, 15) is 9.59 Å². The number of urea groups is 1. The first-order valence-electron chi connectivity index (χ1n) is 7.96. The van der Waals surface area contributed by atoms with Crippen molar-refractivity contribution in [1.82, 2.24) is 20.4 Å². The van der Waals surface area contributed by atoms with Gasteiger partial charge in [0.15, 0.2) is 0 Å². The lowest BCUT2D eigenvalue weighted by Crippen LogP contribution is -2.41. The highest BCUT2D eigenvalue weighted by atomic mass is 16.2. The minimum absolute atomic E-state index is 0.0192. The number of rotatable bonds is 6. The van der Waals surface area contributed by atoms with Crippen LogP contribution in [0, 0.1) is 5.92 Å². The van der Waals surface area contributed by atoms with Crippen LogP contribution in [-0.2, 0) is 4.79 Å². The molecule has 2 N–H and O–H groups in total. The maximum Gasteiger partial charge on any atom is 0.314 e. The molecule has 1 heterocycles. The molecule has 23 heavy (non-hydrogen) atoms. The Morgan fingerprint density at radius 1 is 1.26 bits per heavy atom. The van der Waals surface area contributed by atoms with Crippen molar-refractivity contribution in [2.75, 3.05) is 40.8 Å². The van der Waals surface area contributed by atoms with Gasteiger partial charge >= 0.3 is 6.03 Å². The van der Waals surface area contributed by atoms with Gasteiger partial charge in [-0.15, -0.1) is 0 Å². The Morgan fingerprint density at radius 3 is 2.61 bits per heavy atom. The summed E-state index contributed by atoms with van der Waals surface area (Å²) in [7, 11) is 5.76. The highest BCUT2D eigenvalue weighted by Gasteiger charge is 2.38. The van der Waals surface area contributed by atoms with E-state index in [0.29, 0.717) is 19.5 Å². The van der Waals surface area contributed by atoms with Crippen LogP contribution in [0.15, 0.2) is 30.3 Å².